The van der Waals surface area contributed by atoms with Crippen LogP contribution in [-0.2, 0) is 0 Å². The molecule has 2 aromatic rings. The second kappa shape index (κ2) is 5.97. The summed E-state index contributed by atoms with van der Waals surface area (Å²) >= 11 is 5.83. The second-order valence-electron chi connectivity index (χ2n) is 4.11. The third-order valence-electron chi connectivity index (χ3n) is 2.93. The Bertz CT molecular complexity index is 515. The van der Waals surface area contributed by atoms with E-state index in [9.17, 15) is 0 Å². The maximum absolute atomic E-state index is 8.96. The van der Waals surface area contributed by atoms with Crippen LogP contribution in [0.4, 0.5) is 5.82 Å². The molecule has 0 fully saturated rings. The van der Waals surface area contributed by atoms with E-state index in [1.807, 2.05) is 0 Å². The van der Waals surface area contributed by atoms with Gasteiger partial charge >= 0.3 is 0 Å². The summed E-state index contributed by atoms with van der Waals surface area (Å²) in [4.78, 5) is 15.2. The fourth-order valence-corrected chi connectivity index (χ4v) is 1.97. The monoisotopic (exact) mass is 269 g/mol. The van der Waals surface area contributed by atoms with Gasteiger partial charge in [0.2, 0.25) is 5.28 Å². The van der Waals surface area contributed by atoms with Crippen LogP contribution in [0, 0.1) is 5.92 Å². The molecule has 0 aliphatic rings. The zero-order valence-corrected chi connectivity index (χ0v) is 10.9. The summed E-state index contributed by atoms with van der Waals surface area (Å²) in [5, 5.41) is 12.4. The smallest absolute Gasteiger partial charge is 0.226 e. The van der Waals surface area contributed by atoms with E-state index >= 15 is 0 Å². The number of aliphatic hydroxyl groups is 1. The number of aromatic nitrogens is 4. The lowest BCUT2D eigenvalue weighted by Gasteiger charge is -2.14. The van der Waals surface area contributed by atoms with Crippen LogP contribution in [0.3, 0.4) is 0 Å². The lowest BCUT2D eigenvalue weighted by molar-refractivity contribution is 0.258. The number of halogens is 1. The lowest BCUT2D eigenvalue weighted by Crippen LogP contribution is -2.16. The van der Waals surface area contributed by atoms with Gasteiger partial charge in [-0.2, -0.15) is 9.97 Å². The molecule has 0 amide bonds. The summed E-state index contributed by atoms with van der Waals surface area (Å²) in [5.74, 6) is 1.06. The lowest BCUT2D eigenvalue weighted by atomic mass is 10.0. The molecule has 98 valence electrons. The minimum Gasteiger partial charge on any atom is -0.396 e. The Kier molecular flexibility index (Phi) is 4.33. The maximum atomic E-state index is 8.96. The van der Waals surface area contributed by atoms with Gasteiger partial charge in [0.1, 0.15) is 5.52 Å². The van der Waals surface area contributed by atoms with Gasteiger partial charge in [-0.25, -0.2) is 4.98 Å². The van der Waals surface area contributed by atoms with Gasteiger partial charge in [-0.1, -0.05) is 13.3 Å². The first kappa shape index (κ1) is 13.0. The fraction of sp³-hybridized carbons (Fsp3) is 0.545. The molecule has 0 bridgehead atoms. The average Bonchev–Trinajstić information content (AvgIpc) is 2.82. The number of nitrogens with one attached hydrogen (secondary N) is 2. The normalized spacial score (nSPS) is 12.8. The molecule has 2 rings (SSSR count). The summed E-state index contributed by atoms with van der Waals surface area (Å²) in [6.45, 7) is 3.03. The van der Waals surface area contributed by atoms with Crippen molar-refractivity contribution in [2.45, 2.75) is 19.8 Å². The highest BCUT2D eigenvalue weighted by molar-refractivity contribution is 6.28. The van der Waals surface area contributed by atoms with Gasteiger partial charge in [0, 0.05) is 13.2 Å². The van der Waals surface area contributed by atoms with Crippen molar-refractivity contribution in [2.75, 3.05) is 18.5 Å². The van der Waals surface area contributed by atoms with E-state index in [0.29, 0.717) is 17.4 Å². The summed E-state index contributed by atoms with van der Waals surface area (Å²) < 4.78 is 0. The number of imidazole rings is 1. The van der Waals surface area contributed by atoms with E-state index in [1.54, 1.807) is 6.33 Å². The van der Waals surface area contributed by atoms with Crippen LogP contribution in [0.1, 0.15) is 19.8 Å². The highest BCUT2D eigenvalue weighted by atomic mass is 35.5. The molecule has 0 saturated heterocycles. The number of H-pyrrole nitrogens is 1. The van der Waals surface area contributed by atoms with Crippen LogP contribution in [0.15, 0.2) is 6.33 Å². The molecular weight excluding hydrogens is 254 g/mol. The first-order valence-corrected chi connectivity index (χ1v) is 6.33. The number of hydrogen-bond donors (Lipinski definition) is 3. The molecule has 1 atom stereocenters. The van der Waals surface area contributed by atoms with Gasteiger partial charge in [-0.15, -0.1) is 0 Å². The molecule has 0 aliphatic heterocycles. The number of fused-ring (bicyclic) bond motifs is 1. The Hall–Kier alpha value is -1.40. The van der Waals surface area contributed by atoms with Crippen LogP contribution in [-0.4, -0.2) is 38.2 Å². The predicted molar refractivity (Wildman–Crippen MR) is 70.7 cm³/mol. The molecule has 0 aliphatic carbocycles. The number of nitrogens with zero attached hydrogens (tertiary/aromatic N) is 3. The van der Waals surface area contributed by atoms with Crippen molar-refractivity contribution in [1.82, 2.24) is 19.9 Å². The quantitative estimate of drug-likeness (QED) is 0.697. The highest BCUT2D eigenvalue weighted by Crippen LogP contribution is 2.19. The number of aromatic amines is 1. The zero-order chi connectivity index (χ0) is 13.0. The highest BCUT2D eigenvalue weighted by Gasteiger charge is 2.11. The van der Waals surface area contributed by atoms with Crippen molar-refractivity contribution in [1.29, 1.82) is 0 Å². The third-order valence-corrected chi connectivity index (χ3v) is 3.10. The molecule has 18 heavy (non-hydrogen) atoms. The summed E-state index contributed by atoms with van der Waals surface area (Å²) in [7, 11) is 0. The van der Waals surface area contributed by atoms with E-state index in [-0.39, 0.29) is 11.9 Å². The average molecular weight is 270 g/mol. The molecule has 0 spiro atoms. The van der Waals surface area contributed by atoms with Crippen molar-refractivity contribution in [2.24, 2.45) is 5.92 Å². The van der Waals surface area contributed by atoms with E-state index in [1.165, 1.54) is 0 Å². The Labute approximate surface area is 110 Å². The van der Waals surface area contributed by atoms with Gasteiger partial charge in [0.25, 0.3) is 0 Å². The topological polar surface area (TPSA) is 86.7 Å². The Balaban J connectivity index is 2.13. The Morgan fingerprint density at radius 2 is 2.33 bits per heavy atom. The van der Waals surface area contributed by atoms with E-state index in [0.717, 1.165) is 24.9 Å². The first-order valence-electron chi connectivity index (χ1n) is 5.96. The van der Waals surface area contributed by atoms with Crippen molar-refractivity contribution in [3.05, 3.63) is 11.6 Å². The third kappa shape index (κ3) is 2.88. The zero-order valence-electron chi connectivity index (χ0n) is 10.1. The minimum atomic E-state index is 0.173. The molecule has 2 aromatic heterocycles. The van der Waals surface area contributed by atoms with Crippen molar-refractivity contribution in [3.63, 3.8) is 0 Å². The molecule has 6 nitrogen and oxygen atoms in total. The standard InChI is InChI=1S/C11H16ClN5O/c1-2-7(3-4-18)5-13-9-8-10(15-6-14-8)17-11(12)16-9/h6-7,18H,2-5H2,1H3,(H2,13,14,15,16,17). The molecule has 7 heteroatoms. The molecule has 1 unspecified atom stereocenters. The number of anilines is 1. The van der Waals surface area contributed by atoms with Crippen molar-refractivity contribution in [3.8, 4) is 0 Å². The second-order valence-corrected chi connectivity index (χ2v) is 4.45. The maximum Gasteiger partial charge on any atom is 0.226 e. The fourth-order valence-electron chi connectivity index (χ4n) is 1.81. The van der Waals surface area contributed by atoms with Crippen LogP contribution in [0.2, 0.25) is 5.28 Å². The molecule has 2 heterocycles. The largest absolute Gasteiger partial charge is 0.396 e. The molecule has 0 saturated carbocycles. The Morgan fingerprint density at radius 1 is 1.50 bits per heavy atom. The number of aliphatic hydroxyl groups excluding tert-OH is 1. The molecule has 0 radical (unpaired) electrons. The van der Waals surface area contributed by atoms with Gasteiger partial charge in [-0.3, -0.25) is 0 Å². The number of hydrogen-bond acceptors (Lipinski definition) is 5. The first-order chi connectivity index (χ1) is 8.74. The predicted octanol–water partition coefficient (Wildman–Crippen LogP) is 1.83. The minimum absolute atomic E-state index is 0.173. The van der Waals surface area contributed by atoms with Crippen LogP contribution >= 0.6 is 11.6 Å². The van der Waals surface area contributed by atoms with E-state index < -0.39 is 0 Å². The van der Waals surface area contributed by atoms with Crippen LogP contribution < -0.4 is 5.32 Å². The molecule has 0 aromatic carbocycles. The SMILES string of the molecule is CCC(CCO)CNc1nc(Cl)nc2nc[nH]c12. The van der Waals surface area contributed by atoms with Crippen LogP contribution in [0.5, 0.6) is 0 Å². The van der Waals surface area contributed by atoms with Crippen LogP contribution in [0.25, 0.3) is 11.2 Å². The van der Waals surface area contributed by atoms with Gasteiger partial charge in [-0.05, 0) is 23.9 Å². The molecule has 3 N–H and O–H groups in total. The van der Waals surface area contributed by atoms with Gasteiger partial charge in [0.05, 0.1) is 6.33 Å². The van der Waals surface area contributed by atoms with Gasteiger partial charge in [0.15, 0.2) is 11.5 Å². The summed E-state index contributed by atoms with van der Waals surface area (Å²) in [5.41, 5.74) is 1.30. The number of rotatable bonds is 6. The van der Waals surface area contributed by atoms with E-state index in [4.69, 9.17) is 16.7 Å². The summed E-state index contributed by atoms with van der Waals surface area (Å²) in [6.07, 6.45) is 3.33. The molecular formula is C11H16ClN5O. The van der Waals surface area contributed by atoms with Crippen molar-refractivity contribution < 1.29 is 5.11 Å². The Morgan fingerprint density at radius 3 is 3.06 bits per heavy atom. The van der Waals surface area contributed by atoms with Gasteiger partial charge < -0.3 is 15.4 Å². The van der Waals surface area contributed by atoms with E-state index in [2.05, 4.69) is 32.2 Å². The summed E-state index contributed by atoms with van der Waals surface area (Å²) in [6, 6.07) is 0. The van der Waals surface area contributed by atoms with Crippen molar-refractivity contribution >= 4 is 28.6 Å².